The quantitative estimate of drug-likeness (QED) is 0.680. The predicted molar refractivity (Wildman–Crippen MR) is 49.7 cm³/mol. The maximum Gasteiger partial charge on any atom is 0.157 e. The van der Waals surface area contributed by atoms with Crippen molar-refractivity contribution in [1.82, 2.24) is 14.7 Å². The molecule has 1 aromatic rings. The first-order valence-corrected chi connectivity index (χ1v) is 4.57. The molecule has 1 fully saturated rings. The van der Waals surface area contributed by atoms with Crippen molar-refractivity contribution >= 4 is 0 Å². The van der Waals surface area contributed by atoms with Crippen LogP contribution in [-0.2, 0) is 7.05 Å². The van der Waals surface area contributed by atoms with E-state index in [-0.39, 0.29) is 0 Å². The molecule has 13 heavy (non-hydrogen) atoms. The van der Waals surface area contributed by atoms with E-state index in [1.165, 1.54) is 13.0 Å². The van der Waals surface area contributed by atoms with Crippen molar-refractivity contribution in [1.29, 1.82) is 0 Å². The highest BCUT2D eigenvalue weighted by Gasteiger charge is 2.24. The van der Waals surface area contributed by atoms with Gasteiger partial charge in [-0.15, -0.1) is 0 Å². The maximum atomic E-state index is 5.58. The number of ether oxygens (including phenoxy) is 1. The third-order valence-corrected chi connectivity index (χ3v) is 2.56. The molecule has 0 unspecified atom stereocenters. The minimum Gasteiger partial charge on any atom is -0.489 e. The van der Waals surface area contributed by atoms with Crippen molar-refractivity contribution in [2.24, 2.45) is 7.05 Å². The molecule has 4 nitrogen and oxygen atoms in total. The molecular weight excluding hydrogens is 166 g/mol. The predicted octanol–water partition coefficient (Wildman–Crippen LogP) is 0.503. The van der Waals surface area contributed by atoms with Crippen LogP contribution in [-0.4, -0.2) is 40.9 Å². The van der Waals surface area contributed by atoms with Gasteiger partial charge in [-0.1, -0.05) is 0 Å². The lowest BCUT2D eigenvalue weighted by molar-refractivity contribution is 0.0768. The van der Waals surface area contributed by atoms with Crippen molar-refractivity contribution < 1.29 is 4.74 Å². The summed E-state index contributed by atoms with van der Waals surface area (Å²) >= 11 is 0. The van der Waals surface area contributed by atoms with Crippen LogP contribution < -0.4 is 4.74 Å². The minimum absolute atomic E-state index is 0.597. The van der Waals surface area contributed by atoms with Crippen LogP contribution in [0.25, 0.3) is 0 Å². The van der Waals surface area contributed by atoms with Gasteiger partial charge in [-0.2, -0.15) is 5.10 Å². The zero-order valence-corrected chi connectivity index (χ0v) is 8.10. The zero-order valence-electron chi connectivity index (χ0n) is 8.10. The molecule has 72 valence electrons. The van der Waals surface area contributed by atoms with Gasteiger partial charge in [-0.3, -0.25) is 9.58 Å². The molecule has 0 radical (unpaired) electrons. The van der Waals surface area contributed by atoms with Gasteiger partial charge >= 0.3 is 0 Å². The van der Waals surface area contributed by atoms with Crippen LogP contribution in [0, 0.1) is 0 Å². The molecular formula is C9H15N3O. The highest BCUT2D eigenvalue weighted by atomic mass is 16.5. The summed E-state index contributed by atoms with van der Waals surface area (Å²) in [5, 5.41) is 4.04. The summed E-state index contributed by atoms with van der Waals surface area (Å²) < 4.78 is 7.33. The van der Waals surface area contributed by atoms with Gasteiger partial charge in [0.2, 0.25) is 0 Å². The van der Waals surface area contributed by atoms with Crippen LogP contribution in [0.15, 0.2) is 12.4 Å². The van der Waals surface area contributed by atoms with Crippen LogP contribution in [0.4, 0.5) is 0 Å². The van der Waals surface area contributed by atoms with E-state index in [1.54, 1.807) is 10.9 Å². The molecule has 1 atom stereocenters. The summed E-state index contributed by atoms with van der Waals surface area (Å²) in [6, 6.07) is 0.597. The smallest absolute Gasteiger partial charge is 0.157 e. The van der Waals surface area contributed by atoms with Crippen LogP contribution in [0.3, 0.4) is 0 Å². The largest absolute Gasteiger partial charge is 0.489 e. The topological polar surface area (TPSA) is 30.3 Å². The van der Waals surface area contributed by atoms with Gasteiger partial charge in [0.15, 0.2) is 5.75 Å². The molecule has 0 bridgehead atoms. The fraction of sp³-hybridized carbons (Fsp3) is 0.667. The van der Waals surface area contributed by atoms with Crippen molar-refractivity contribution in [3.8, 4) is 5.75 Å². The summed E-state index contributed by atoms with van der Waals surface area (Å²) in [4.78, 5) is 2.30. The second-order valence-corrected chi connectivity index (χ2v) is 3.58. The molecule has 0 saturated carbocycles. The number of hydrogen-bond donors (Lipinski definition) is 0. The van der Waals surface area contributed by atoms with E-state index in [9.17, 15) is 0 Å². The monoisotopic (exact) mass is 181 g/mol. The lowest BCUT2D eigenvalue weighted by Crippen LogP contribution is -2.48. The molecule has 0 N–H and O–H groups in total. The second kappa shape index (κ2) is 3.38. The molecule has 0 aliphatic carbocycles. The SMILES string of the molecule is CN1CC[C@@H]1COc1cnn(C)c1. The van der Waals surface area contributed by atoms with E-state index in [2.05, 4.69) is 17.0 Å². The minimum atomic E-state index is 0.597. The second-order valence-electron chi connectivity index (χ2n) is 3.58. The molecule has 1 aliphatic rings. The van der Waals surface area contributed by atoms with Crippen LogP contribution in [0.2, 0.25) is 0 Å². The number of aromatic nitrogens is 2. The molecule has 2 rings (SSSR count). The van der Waals surface area contributed by atoms with Gasteiger partial charge in [-0.25, -0.2) is 0 Å². The van der Waals surface area contributed by atoms with Crippen molar-refractivity contribution in [2.45, 2.75) is 12.5 Å². The van der Waals surface area contributed by atoms with Gasteiger partial charge in [0.1, 0.15) is 6.61 Å². The van der Waals surface area contributed by atoms with E-state index in [0.717, 1.165) is 12.4 Å². The Balaban J connectivity index is 1.79. The Morgan fingerprint density at radius 1 is 1.62 bits per heavy atom. The summed E-state index contributed by atoms with van der Waals surface area (Å²) in [6.07, 6.45) is 4.88. The summed E-state index contributed by atoms with van der Waals surface area (Å²) in [5.74, 6) is 0.864. The van der Waals surface area contributed by atoms with E-state index < -0.39 is 0 Å². The Labute approximate surface area is 78.1 Å². The number of aryl methyl sites for hydroxylation is 1. The van der Waals surface area contributed by atoms with Crippen molar-refractivity contribution in [3.63, 3.8) is 0 Å². The first-order valence-electron chi connectivity index (χ1n) is 4.57. The molecule has 1 aromatic heterocycles. The number of likely N-dealkylation sites (tertiary alicyclic amines) is 1. The third-order valence-electron chi connectivity index (χ3n) is 2.56. The Morgan fingerprint density at radius 2 is 2.46 bits per heavy atom. The molecule has 0 spiro atoms. The maximum absolute atomic E-state index is 5.58. The van der Waals surface area contributed by atoms with Gasteiger partial charge in [0.25, 0.3) is 0 Å². The van der Waals surface area contributed by atoms with E-state index in [4.69, 9.17) is 4.74 Å². The van der Waals surface area contributed by atoms with Gasteiger partial charge in [0.05, 0.1) is 12.4 Å². The molecule has 1 aliphatic heterocycles. The highest BCUT2D eigenvalue weighted by Crippen LogP contribution is 2.16. The molecule has 1 saturated heterocycles. The fourth-order valence-corrected chi connectivity index (χ4v) is 1.45. The van der Waals surface area contributed by atoms with Gasteiger partial charge < -0.3 is 4.74 Å². The summed E-state index contributed by atoms with van der Waals surface area (Å²) in [6.45, 7) is 1.98. The summed E-state index contributed by atoms with van der Waals surface area (Å²) in [5.41, 5.74) is 0. The Kier molecular flexibility index (Phi) is 2.22. The number of likely N-dealkylation sites (N-methyl/N-ethyl adjacent to an activating group) is 1. The standard InChI is InChI=1S/C9H15N3O/c1-11-4-3-8(11)7-13-9-5-10-12(2)6-9/h5-6,8H,3-4,7H2,1-2H3/t8-/m1/s1. The molecule has 0 amide bonds. The number of rotatable bonds is 3. The van der Waals surface area contributed by atoms with Crippen LogP contribution in [0.1, 0.15) is 6.42 Å². The van der Waals surface area contributed by atoms with E-state index >= 15 is 0 Å². The first-order chi connectivity index (χ1) is 6.25. The average molecular weight is 181 g/mol. The van der Waals surface area contributed by atoms with Gasteiger partial charge in [-0.05, 0) is 20.0 Å². The normalized spacial score (nSPS) is 22.8. The first kappa shape index (κ1) is 8.56. The van der Waals surface area contributed by atoms with E-state index in [0.29, 0.717) is 6.04 Å². The van der Waals surface area contributed by atoms with Crippen molar-refractivity contribution in [3.05, 3.63) is 12.4 Å². The van der Waals surface area contributed by atoms with Crippen LogP contribution >= 0.6 is 0 Å². The lowest BCUT2D eigenvalue weighted by Gasteiger charge is -2.37. The average Bonchev–Trinajstić information content (AvgIpc) is 2.49. The Bertz CT molecular complexity index is 284. The summed E-state index contributed by atoms with van der Waals surface area (Å²) in [7, 11) is 4.02. The van der Waals surface area contributed by atoms with Crippen LogP contribution in [0.5, 0.6) is 5.75 Å². The molecule has 0 aromatic carbocycles. The number of nitrogens with zero attached hydrogens (tertiary/aromatic N) is 3. The Hall–Kier alpha value is -1.03. The molecule has 4 heteroatoms. The fourth-order valence-electron chi connectivity index (χ4n) is 1.45. The molecule has 2 heterocycles. The highest BCUT2D eigenvalue weighted by molar-refractivity contribution is 5.11. The lowest BCUT2D eigenvalue weighted by atomic mass is 10.1. The third kappa shape index (κ3) is 1.83. The van der Waals surface area contributed by atoms with E-state index in [1.807, 2.05) is 13.2 Å². The Morgan fingerprint density at radius 3 is 2.92 bits per heavy atom. The zero-order chi connectivity index (χ0) is 9.26. The van der Waals surface area contributed by atoms with Gasteiger partial charge in [0, 0.05) is 13.1 Å². The number of hydrogen-bond acceptors (Lipinski definition) is 3. The van der Waals surface area contributed by atoms with Crippen molar-refractivity contribution in [2.75, 3.05) is 20.2 Å².